The van der Waals surface area contributed by atoms with Gasteiger partial charge in [-0.25, -0.2) is 8.78 Å². The van der Waals surface area contributed by atoms with Crippen molar-refractivity contribution in [3.8, 4) is 11.8 Å². The second-order valence-electron chi connectivity index (χ2n) is 6.37. The smallest absolute Gasteiger partial charge is 0.326 e. The Morgan fingerprint density at radius 2 is 2.15 bits per heavy atom. The van der Waals surface area contributed by atoms with Gasteiger partial charge in [0.1, 0.15) is 11.6 Å². The van der Waals surface area contributed by atoms with Crippen LogP contribution in [0.4, 0.5) is 14.6 Å². The molecule has 3 N–H and O–H groups in total. The summed E-state index contributed by atoms with van der Waals surface area (Å²) in [7, 11) is 0. The Morgan fingerprint density at radius 3 is 2.85 bits per heavy atom. The highest BCUT2D eigenvalue weighted by atomic mass is 19.1. The lowest BCUT2D eigenvalue weighted by molar-refractivity contribution is 0.208. The fraction of sp³-hybridized carbons (Fsp3) is 0.353. The molecule has 0 spiro atoms. The SMILES string of the molecule is C[C@H](O)CNc1nc(Oc2ccc(F)cc2F)nc2n[nH]c(C3CC3)c12. The summed E-state index contributed by atoms with van der Waals surface area (Å²) in [5, 5.41) is 20.5. The number of aliphatic hydroxyl groups excluding tert-OH is 1. The van der Waals surface area contributed by atoms with Gasteiger partial charge in [-0.15, -0.1) is 0 Å². The van der Waals surface area contributed by atoms with E-state index >= 15 is 0 Å². The topological polar surface area (TPSA) is 95.9 Å². The van der Waals surface area contributed by atoms with Gasteiger partial charge >= 0.3 is 6.01 Å². The van der Waals surface area contributed by atoms with Crippen molar-refractivity contribution in [2.24, 2.45) is 0 Å². The fourth-order valence-corrected chi connectivity index (χ4v) is 2.67. The van der Waals surface area contributed by atoms with E-state index in [1.807, 2.05) is 0 Å². The normalized spacial score (nSPS) is 15.2. The highest BCUT2D eigenvalue weighted by Gasteiger charge is 2.30. The molecule has 26 heavy (non-hydrogen) atoms. The van der Waals surface area contributed by atoms with Crippen molar-refractivity contribution in [3.05, 3.63) is 35.5 Å². The van der Waals surface area contributed by atoms with Crippen molar-refractivity contribution in [1.29, 1.82) is 0 Å². The van der Waals surface area contributed by atoms with Crippen LogP contribution in [0.25, 0.3) is 11.0 Å². The van der Waals surface area contributed by atoms with E-state index in [0.717, 1.165) is 36.1 Å². The van der Waals surface area contributed by atoms with Crippen molar-refractivity contribution in [2.45, 2.75) is 31.8 Å². The van der Waals surface area contributed by atoms with Gasteiger partial charge in [0.2, 0.25) is 0 Å². The molecule has 0 amide bonds. The number of nitrogens with one attached hydrogen (secondary N) is 2. The number of aromatic amines is 1. The van der Waals surface area contributed by atoms with Gasteiger partial charge in [-0.05, 0) is 31.9 Å². The third-order valence-corrected chi connectivity index (χ3v) is 4.07. The number of rotatable bonds is 6. The molecule has 1 fully saturated rings. The largest absolute Gasteiger partial charge is 0.421 e. The number of benzene rings is 1. The first-order valence-electron chi connectivity index (χ1n) is 8.32. The Morgan fingerprint density at radius 1 is 1.35 bits per heavy atom. The number of hydrogen-bond acceptors (Lipinski definition) is 6. The first kappa shape index (κ1) is 16.6. The standard InChI is InChI=1S/C17H17F2N5O2/c1-8(25)7-20-15-13-14(9-2-3-9)23-24-16(13)22-17(21-15)26-12-5-4-10(18)6-11(12)19/h4-6,8-9,25H,2-3,7H2,1H3,(H2,20,21,22,23,24)/t8-/m0/s1. The predicted molar refractivity (Wildman–Crippen MR) is 90.3 cm³/mol. The number of anilines is 1. The maximum atomic E-state index is 13.8. The van der Waals surface area contributed by atoms with Crippen LogP contribution >= 0.6 is 0 Å². The van der Waals surface area contributed by atoms with E-state index in [4.69, 9.17) is 4.74 Å². The molecule has 136 valence electrons. The van der Waals surface area contributed by atoms with Gasteiger partial charge in [0.25, 0.3) is 0 Å². The van der Waals surface area contributed by atoms with Gasteiger partial charge in [0.15, 0.2) is 17.2 Å². The second kappa shape index (κ2) is 6.49. The molecule has 0 aliphatic heterocycles. The number of aromatic nitrogens is 4. The maximum Gasteiger partial charge on any atom is 0.326 e. The molecule has 9 heteroatoms. The third kappa shape index (κ3) is 3.30. The monoisotopic (exact) mass is 361 g/mol. The number of fused-ring (bicyclic) bond motifs is 1. The lowest BCUT2D eigenvalue weighted by atomic mass is 10.2. The van der Waals surface area contributed by atoms with E-state index in [-0.39, 0.29) is 18.3 Å². The zero-order chi connectivity index (χ0) is 18.3. The molecule has 1 atom stereocenters. The number of halogens is 2. The molecule has 0 unspecified atom stereocenters. The molecule has 1 aliphatic rings. The number of nitrogens with zero attached hydrogens (tertiary/aromatic N) is 3. The van der Waals surface area contributed by atoms with Crippen LogP contribution in [0.3, 0.4) is 0 Å². The van der Waals surface area contributed by atoms with E-state index in [9.17, 15) is 13.9 Å². The first-order valence-corrected chi connectivity index (χ1v) is 8.32. The molecule has 0 bridgehead atoms. The van der Waals surface area contributed by atoms with E-state index in [1.165, 1.54) is 6.07 Å². The number of aliphatic hydroxyl groups is 1. The Labute approximate surface area is 147 Å². The average molecular weight is 361 g/mol. The minimum Gasteiger partial charge on any atom is -0.421 e. The molecule has 7 nitrogen and oxygen atoms in total. The molecule has 0 radical (unpaired) electrons. The molecule has 4 rings (SSSR count). The van der Waals surface area contributed by atoms with Gasteiger partial charge < -0.3 is 15.2 Å². The molecule has 3 aromatic rings. The Hall–Kier alpha value is -2.81. The third-order valence-electron chi connectivity index (χ3n) is 4.07. The molecule has 2 heterocycles. The van der Waals surface area contributed by atoms with E-state index in [0.29, 0.717) is 17.4 Å². The zero-order valence-electron chi connectivity index (χ0n) is 14.0. The summed E-state index contributed by atoms with van der Waals surface area (Å²) in [5.41, 5.74) is 1.32. The van der Waals surface area contributed by atoms with Crippen LogP contribution in [0.5, 0.6) is 11.8 Å². The van der Waals surface area contributed by atoms with Crippen molar-refractivity contribution in [2.75, 3.05) is 11.9 Å². The lowest BCUT2D eigenvalue weighted by Crippen LogP contribution is -2.16. The molecule has 1 saturated carbocycles. The minimum atomic E-state index is -0.854. The summed E-state index contributed by atoms with van der Waals surface area (Å²) in [6.45, 7) is 1.92. The van der Waals surface area contributed by atoms with E-state index in [2.05, 4.69) is 25.5 Å². The molecule has 1 aromatic carbocycles. The van der Waals surface area contributed by atoms with E-state index in [1.54, 1.807) is 6.92 Å². The lowest BCUT2D eigenvalue weighted by Gasteiger charge is -2.11. The Balaban J connectivity index is 1.73. The van der Waals surface area contributed by atoms with Crippen LogP contribution in [-0.4, -0.2) is 37.9 Å². The van der Waals surface area contributed by atoms with Gasteiger partial charge in [-0.3, -0.25) is 5.10 Å². The van der Waals surface area contributed by atoms with Crippen molar-refractivity contribution >= 4 is 16.9 Å². The average Bonchev–Trinajstić information content (AvgIpc) is 3.35. The van der Waals surface area contributed by atoms with Crippen molar-refractivity contribution in [1.82, 2.24) is 20.2 Å². The summed E-state index contributed by atoms with van der Waals surface area (Å²) >= 11 is 0. The Kier molecular flexibility index (Phi) is 4.15. The summed E-state index contributed by atoms with van der Waals surface area (Å²) in [6.07, 6.45) is 1.54. The van der Waals surface area contributed by atoms with Crippen molar-refractivity contribution < 1.29 is 18.6 Å². The number of hydrogen-bond donors (Lipinski definition) is 3. The highest BCUT2D eigenvalue weighted by molar-refractivity contribution is 5.90. The Bertz CT molecular complexity index is 956. The first-order chi connectivity index (χ1) is 12.5. The molecule has 2 aromatic heterocycles. The molecular formula is C17H17F2N5O2. The van der Waals surface area contributed by atoms with Gasteiger partial charge in [0.05, 0.1) is 17.2 Å². The van der Waals surface area contributed by atoms with Crippen LogP contribution in [0.1, 0.15) is 31.4 Å². The van der Waals surface area contributed by atoms with Gasteiger partial charge in [0, 0.05) is 18.5 Å². The highest BCUT2D eigenvalue weighted by Crippen LogP contribution is 2.43. The van der Waals surface area contributed by atoms with Crippen LogP contribution in [-0.2, 0) is 0 Å². The van der Waals surface area contributed by atoms with E-state index < -0.39 is 17.7 Å². The fourth-order valence-electron chi connectivity index (χ4n) is 2.67. The minimum absolute atomic E-state index is 0.120. The zero-order valence-corrected chi connectivity index (χ0v) is 14.0. The summed E-state index contributed by atoms with van der Waals surface area (Å²) in [4.78, 5) is 8.51. The number of ether oxygens (including phenoxy) is 1. The predicted octanol–water partition coefficient (Wildman–Crippen LogP) is 3.09. The summed E-state index contributed by atoms with van der Waals surface area (Å²) < 4.78 is 32.3. The van der Waals surface area contributed by atoms with Crippen LogP contribution in [0.2, 0.25) is 0 Å². The number of H-pyrrole nitrogens is 1. The van der Waals surface area contributed by atoms with Crippen molar-refractivity contribution in [3.63, 3.8) is 0 Å². The van der Waals surface area contributed by atoms with Crippen LogP contribution < -0.4 is 10.1 Å². The maximum absolute atomic E-state index is 13.8. The van der Waals surface area contributed by atoms with Crippen LogP contribution in [0.15, 0.2) is 18.2 Å². The van der Waals surface area contributed by atoms with Crippen LogP contribution in [0, 0.1) is 11.6 Å². The summed E-state index contributed by atoms with van der Waals surface area (Å²) in [6, 6.07) is 2.86. The molecule has 1 aliphatic carbocycles. The quantitative estimate of drug-likeness (QED) is 0.624. The van der Waals surface area contributed by atoms with Gasteiger partial charge in [-0.1, -0.05) is 0 Å². The van der Waals surface area contributed by atoms with Gasteiger partial charge in [-0.2, -0.15) is 15.1 Å². The summed E-state index contributed by atoms with van der Waals surface area (Å²) in [5.74, 6) is -0.911. The molecular weight excluding hydrogens is 344 g/mol. The second-order valence-corrected chi connectivity index (χ2v) is 6.37. The molecule has 0 saturated heterocycles.